The first-order valence-corrected chi connectivity index (χ1v) is 8.54. The molecule has 0 spiro atoms. The van der Waals surface area contributed by atoms with Gasteiger partial charge in [-0.25, -0.2) is 9.78 Å². The molecule has 6 nitrogen and oxygen atoms in total. The van der Waals surface area contributed by atoms with Gasteiger partial charge in [0.25, 0.3) is 0 Å². The van der Waals surface area contributed by atoms with Crippen molar-refractivity contribution in [2.75, 3.05) is 12.4 Å². The van der Waals surface area contributed by atoms with Crippen molar-refractivity contribution in [2.24, 2.45) is 0 Å². The Kier molecular flexibility index (Phi) is 5.92. The van der Waals surface area contributed by atoms with Crippen LogP contribution in [-0.4, -0.2) is 28.9 Å². The Bertz CT molecular complexity index is 729. The van der Waals surface area contributed by atoms with Gasteiger partial charge in [-0.1, -0.05) is 18.2 Å². The molecule has 0 radical (unpaired) electrons. The molecule has 2 rings (SSSR count). The zero-order valence-corrected chi connectivity index (χ0v) is 15.1. The van der Waals surface area contributed by atoms with Crippen LogP contribution < -0.4 is 10.6 Å². The predicted molar refractivity (Wildman–Crippen MR) is 96.0 cm³/mol. The van der Waals surface area contributed by atoms with Crippen LogP contribution >= 0.6 is 11.3 Å². The lowest BCUT2D eigenvalue weighted by atomic mass is 10.1. The summed E-state index contributed by atoms with van der Waals surface area (Å²) in [4.78, 5) is 29.6. The first-order chi connectivity index (χ1) is 11.4. The highest BCUT2D eigenvalue weighted by Crippen LogP contribution is 2.19. The number of aryl methyl sites for hydroxylation is 1. The van der Waals surface area contributed by atoms with Gasteiger partial charge in [0.2, 0.25) is 5.91 Å². The molecule has 7 heteroatoms. The third-order valence-electron chi connectivity index (χ3n) is 3.57. The van der Waals surface area contributed by atoms with Crippen molar-refractivity contribution >= 4 is 29.0 Å². The second kappa shape index (κ2) is 7.92. The van der Waals surface area contributed by atoms with Crippen LogP contribution in [0.25, 0.3) is 0 Å². The molecule has 128 valence electrons. The van der Waals surface area contributed by atoms with Crippen LogP contribution in [0.4, 0.5) is 10.5 Å². The van der Waals surface area contributed by atoms with E-state index in [2.05, 4.69) is 15.6 Å². The summed E-state index contributed by atoms with van der Waals surface area (Å²) in [6, 6.07) is 6.97. The zero-order chi connectivity index (χ0) is 17.7. The molecule has 0 aliphatic rings. The molecule has 0 fully saturated rings. The summed E-state index contributed by atoms with van der Waals surface area (Å²) in [5.41, 5.74) is 2.51. The van der Waals surface area contributed by atoms with E-state index >= 15 is 0 Å². The van der Waals surface area contributed by atoms with Crippen LogP contribution in [-0.2, 0) is 11.3 Å². The summed E-state index contributed by atoms with van der Waals surface area (Å²) >= 11 is 1.52. The minimum atomic E-state index is -0.298. The van der Waals surface area contributed by atoms with Gasteiger partial charge in [0.05, 0.1) is 6.04 Å². The van der Waals surface area contributed by atoms with E-state index in [4.69, 9.17) is 0 Å². The minimum absolute atomic E-state index is 0.0259. The Labute approximate surface area is 145 Å². The Balaban J connectivity index is 2.02. The number of nitrogens with zero attached hydrogens (tertiary/aromatic N) is 2. The molecule has 24 heavy (non-hydrogen) atoms. The van der Waals surface area contributed by atoms with Crippen molar-refractivity contribution < 1.29 is 9.59 Å². The van der Waals surface area contributed by atoms with E-state index in [-0.39, 0.29) is 18.0 Å². The Morgan fingerprint density at radius 1 is 1.33 bits per heavy atom. The van der Waals surface area contributed by atoms with Gasteiger partial charge < -0.3 is 15.5 Å². The number of hydrogen-bond donors (Lipinski definition) is 2. The summed E-state index contributed by atoms with van der Waals surface area (Å²) < 4.78 is 0. The van der Waals surface area contributed by atoms with Gasteiger partial charge in [-0.05, 0) is 25.5 Å². The normalized spacial score (nSPS) is 11.7. The lowest BCUT2D eigenvalue weighted by molar-refractivity contribution is -0.128. The number of aromatic nitrogens is 1. The molecule has 0 bridgehead atoms. The van der Waals surface area contributed by atoms with Crippen LogP contribution in [0.1, 0.15) is 36.2 Å². The van der Waals surface area contributed by atoms with E-state index in [9.17, 15) is 9.59 Å². The number of carbonyl (C=O) groups excluding carboxylic acids is 2. The topological polar surface area (TPSA) is 74.3 Å². The van der Waals surface area contributed by atoms with Gasteiger partial charge in [0, 0.05) is 37.3 Å². The highest BCUT2D eigenvalue weighted by Gasteiger charge is 2.14. The fourth-order valence-electron chi connectivity index (χ4n) is 2.13. The number of para-hydroxylation sites is 1. The second-order valence-corrected chi connectivity index (χ2v) is 6.57. The average molecular weight is 346 g/mol. The number of hydrogen-bond acceptors (Lipinski definition) is 4. The summed E-state index contributed by atoms with van der Waals surface area (Å²) in [6.07, 6.45) is 0. The summed E-state index contributed by atoms with van der Waals surface area (Å²) in [7, 11) is 1.73. The highest BCUT2D eigenvalue weighted by atomic mass is 32.1. The lowest BCUT2D eigenvalue weighted by Gasteiger charge is -2.18. The van der Waals surface area contributed by atoms with Crippen LogP contribution in [0, 0.1) is 6.92 Å². The molecule has 1 aromatic heterocycles. The number of amides is 3. The van der Waals surface area contributed by atoms with Gasteiger partial charge in [-0.2, -0.15) is 0 Å². The van der Waals surface area contributed by atoms with E-state index in [1.165, 1.54) is 18.3 Å². The molecule has 2 N–H and O–H groups in total. The van der Waals surface area contributed by atoms with Crippen LogP contribution in [0.5, 0.6) is 0 Å². The van der Waals surface area contributed by atoms with Crippen molar-refractivity contribution in [1.82, 2.24) is 15.2 Å². The van der Waals surface area contributed by atoms with Crippen molar-refractivity contribution in [1.29, 1.82) is 0 Å². The van der Waals surface area contributed by atoms with Crippen molar-refractivity contribution in [3.05, 3.63) is 45.9 Å². The Morgan fingerprint density at radius 3 is 2.67 bits per heavy atom. The quantitative estimate of drug-likeness (QED) is 0.872. The van der Waals surface area contributed by atoms with E-state index < -0.39 is 0 Å². The SMILES string of the molecule is CC(=O)N(C)Cc1ccccc1NC(=O)NC(C)c1nc(C)cs1. The molecule has 0 saturated carbocycles. The molecular formula is C17H22N4O2S. The monoisotopic (exact) mass is 346 g/mol. The fourth-order valence-corrected chi connectivity index (χ4v) is 2.94. The molecule has 1 aromatic carbocycles. The Hall–Kier alpha value is -2.41. The molecule has 1 unspecified atom stereocenters. The average Bonchev–Trinajstić information content (AvgIpc) is 2.95. The Morgan fingerprint density at radius 2 is 2.04 bits per heavy atom. The molecule has 1 atom stereocenters. The first kappa shape index (κ1) is 17.9. The fraction of sp³-hybridized carbons (Fsp3) is 0.353. The van der Waals surface area contributed by atoms with E-state index in [1.807, 2.05) is 43.5 Å². The summed E-state index contributed by atoms with van der Waals surface area (Å²) in [5, 5.41) is 8.55. The zero-order valence-electron chi connectivity index (χ0n) is 14.3. The maximum absolute atomic E-state index is 12.2. The number of nitrogens with one attached hydrogen (secondary N) is 2. The third-order valence-corrected chi connectivity index (χ3v) is 4.71. The maximum Gasteiger partial charge on any atom is 0.319 e. The van der Waals surface area contributed by atoms with Crippen LogP contribution in [0.2, 0.25) is 0 Å². The van der Waals surface area contributed by atoms with Gasteiger partial charge in [0.1, 0.15) is 5.01 Å². The van der Waals surface area contributed by atoms with Crippen LogP contribution in [0.15, 0.2) is 29.6 Å². The molecule has 0 saturated heterocycles. The second-order valence-electron chi connectivity index (χ2n) is 5.68. The summed E-state index contributed by atoms with van der Waals surface area (Å²) in [5.74, 6) is -0.0259. The van der Waals surface area contributed by atoms with Crippen molar-refractivity contribution in [3.8, 4) is 0 Å². The largest absolute Gasteiger partial charge is 0.342 e. The lowest BCUT2D eigenvalue weighted by Crippen LogP contribution is -2.32. The predicted octanol–water partition coefficient (Wildman–Crippen LogP) is 3.31. The number of rotatable bonds is 5. The van der Waals surface area contributed by atoms with Crippen molar-refractivity contribution in [2.45, 2.75) is 33.4 Å². The van der Waals surface area contributed by atoms with Crippen LogP contribution in [0.3, 0.4) is 0 Å². The minimum Gasteiger partial charge on any atom is -0.342 e. The van der Waals surface area contributed by atoms with Gasteiger partial charge in [0.15, 0.2) is 0 Å². The standard InChI is InChI=1S/C17H22N4O2S/c1-11-10-24-16(18-11)12(2)19-17(23)20-15-8-6-5-7-14(15)9-21(4)13(3)22/h5-8,10,12H,9H2,1-4H3,(H2,19,20,23). The first-order valence-electron chi connectivity index (χ1n) is 7.66. The molecule has 2 aromatic rings. The molecule has 3 amide bonds. The van der Waals surface area contributed by atoms with Gasteiger partial charge >= 0.3 is 6.03 Å². The number of benzene rings is 1. The molecular weight excluding hydrogens is 324 g/mol. The van der Waals surface area contributed by atoms with E-state index in [0.717, 1.165) is 16.3 Å². The summed E-state index contributed by atoms with van der Waals surface area (Å²) in [6.45, 7) is 5.77. The number of carbonyl (C=O) groups is 2. The van der Waals surface area contributed by atoms with Gasteiger partial charge in [-0.15, -0.1) is 11.3 Å². The van der Waals surface area contributed by atoms with E-state index in [0.29, 0.717) is 12.2 Å². The highest BCUT2D eigenvalue weighted by molar-refractivity contribution is 7.09. The molecule has 0 aliphatic carbocycles. The third kappa shape index (κ3) is 4.79. The smallest absolute Gasteiger partial charge is 0.319 e. The van der Waals surface area contributed by atoms with Gasteiger partial charge in [-0.3, -0.25) is 4.79 Å². The number of urea groups is 1. The van der Waals surface area contributed by atoms with E-state index in [1.54, 1.807) is 11.9 Å². The molecule has 0 aliphatic heterocycles. The van der Waals surface area contributed by atoms with Crippen molar-refractivity contribution in [3.63, 3.8) is 0 Å². The number of anilines is 1. The maximum atomic E-state index is 12.2. The molecule has 1 heterocycles. The number of thiazole rings is 1.